The van der Waals surface area contributed by atoms with Crippen molar-refractivity contribution >= 4 is 11.6 Å². The first-order chi connectivity index (χ1) is 5.24. The Balaban J connectivity index is 2.86. The summed E-state index contributed by atoms with van der Waals surface area (Å²) in [6.45, 7) is 0. The van der Waals surface area contributed by atoms with Gasteiger partial charge in [-0.2, -0.15) is 0 Å². The van der Waals surface area contributed by atoms with E-state index in [1.807, 2.05) is 0 Å². The first-order valence-corrected chi connectivity index (χ1v) is 3.61. The molecule has 0 aliphatic heterocycles. The van der Waals surface area contributed by atoms with Gasteiger partial charge in [-0.25, -0.2) is 8.78 Å². The first kappa shape index (κ1) is 8.47. The van der Waals surface area contributed by atoms with Gasteiger partial charge in [0.2, 0.25) is 0 Å². The van der Waals surface area contributed by atoms with Crippen molar-refractivity contribution in [3.63, 3.8) is 0 Å². The molecule has 0 aliphatic carbocycles. The molecule has 11 heavy (non-hydrogen) atoms. The van der Waals surface area contributed by atoms with Crippen LogP contribution in [-0.4, -0.2) is 5.88 Å². The molecule has 0 heterocycles. The smallest absolute Gasteiger partial charge is 0.159 e. The van der Waals surface area contributed by atoms with E-state index in [9.17, 15) is 8.78 Å². The molecule has 0 spiro atoms. The van der Waals surface area contributed by atoms with Crippen molar-refractivity contribution in [1.82, 2.24) is 0 Å². The fourth-order valence-corrected chi connectivity index (χ4v) is 0.907. The van der Waals surface area contributed by atoms with Gasteiger partial charge >= 0.3 is 0 Å². The first-order valence-electron chi connectivity index (χ1n) is 3.08. The number of hydrogen-bond donors (Lipinski definition) is 0. The van der Waals surface area contributed by atoms with Gasteiger partial charge in [-0.05, 0) is 17.7 Å². The van der Waals surface area contributed by atoms with Crippen LogP contribution in [0.1, 0.15) is 5.56 Å². The molecular weight excluding hydrogens is 170 g/mol. The third kappa shape index (κ3) is 2.15. The van der Waals surface area contributed by atoms with Crippen LogP contribution in [0.15, 0.2) is 18.2 Å². The Kier molecular flexibility index (Phi) is 2.83. The van der Waals surface area contributed by atoms with Crippen LogP contribution in [0, 0.1) is 18.1 Å². The Labute approximate surface area is 68.8 Å². The predicted molar refractivity (Wildman–Crippen MR) is 40.5 cm³/mol. The van der Waals surface area contributed by atoms with Crippen molar-refractivity contribution in [2.24, 2.45) is 0 Å². The van der Waals surface area contributed by atoms with Crippen molar-refractivity contribution in [2.75, 3.05) is 5.88 Å². The molecule has 0 nitrogen and oxygen atoms in total. The van der Waals surface area contributed by atoms with E-state index in [0.29, 0.717) is 11.4 Å². The highest BCUT2D eigenvalue weighted by atomic mass is 35.5. The second-order valence-electron chi connectivity index (χ2n) is 2.03. The summed E-state index contributed by atoms with van der Waals surface area (Å²) in [5.41, 5.74) is 0.596. The Morgan fingerprint density at radius 1 is 1.27 bits per heavy atom. The van der Waals surface area contributed by atoms with Gasteiger partial charge in [-0.1, -0.05) is 6.07 Å². The monoisotopic (exact) mass is 175 g/mol. The van der Waals surface area contributed by atoms with Gasteiger partial charge in [-0.15, -0.1) is 11.6 Å². The van der Waals surface area contributed by atoms with Gasteiger partial charge in [0.1, 0.15) is 0 Å². The SMILES string of the molecule is Fc1ccc([CH]CCl)cc1F. The summed E-state index contributed by atoms with van der Waals surface area (Å²) in [6.07, 6.45) is 1.60. The van der Waals surface area contributed by atoms with Gasteiger partial charge in [-0.3, -0.25) is 0 Å². The van der Waals surface area contributed by atoms with Gasteiger partial charge in [0.25, 0.3) is 0 Å². The molecule has 0 N–H and O–H groups in total. The summed E-state index contributed by atoms with van der Waals surface area (Å²) in [5, 5.41) is 0. The molecule has 0 aliphatic rings. The molecule has 0 atom stereocenters. The van der Waals surface area contributed by atoms with Crippen LogP contribution in [0.5, 0.6) is 0 Å². The molecule has 0 unspecified atom stereocenters. The summed E-state index contributed by atoms with van der Waals surface area (Å²) >= 11 is 5.36. The lowest BCUT2D eigenvalue weighted by molar-refractivity contribution is 0.508. The number of alkyl halides is 1. The van der Waals surface area contributed by atoms with Gasteiger partial charge in [0, 0.05) is 12.3 Å². The maximum absolute atomic E-state index is 12.5. The quantitative estimate of drug-likeness (QED) is 0.607. The van der Waals surface area contributed by atoms with E-state index < -0.39 is 11.6 Å². The number of rotatable bonds is 2. The predicted octanol–water partition coefficient (Wildman–Crippen LogP) is 2.76. The van der Waals surface area contributed by atoms with E-state index >= 15 is 0 Å². The minimum absolute atomic E-state index is 0.297. The lowest BCUT2D eigenvalue weighted by Crippen LogP contribution is -1.88. The van der Waals surface area contributed by atoms with Crippen molar-refractivity contribution in [2.45, 2.75) is 0 Å². The van der Waals surface area contributed by atoms with Crippen LogP contribution >= 0.6 is 11.6 Å². The van der Waals surface area contributed by atoms with Crippen LogP contribution < -0.4 is 0 Å². The molecule has 0 bridgehead atoms. The van der Waals surface area contributed by atoms with E-state index in [-0.39, 0.29) is 0 Å². The minimum Gasteiger partial charge on any atom is -0.204 e. The van der Waals surface area contributed by atoms with Crippen LogP contribution in [0.3, 0.4) is 0 Å². The fourth-order valence-electron chi connectivity index (χ4n) is 0.728. The molecule has 1 aromatic rings. The Hall–Kier alpha value is -0.630. The standard InChI is InChI=1S/C8H6ClF2/c9-4-3-6-1-2-7(10)8(11)5-6/h1-3,5H,4H2. The lowest BCUT2D eigenvalue weighted by Gasteiger charge is -1.97. The van der Waals surface area contributed by atoms with Crippen LogP contribution in [0.25, 0.3) is 0 Å². The maximum Gasteiger partial charge on any atom is 0.159 e. The number of halogens is 3. The third-order valence-electron chi connectivity index (χ3n) is 1.26. The maximum atomic E-state index is 12.5. The number of benzene rings is 1. The second kappa shape index (κ2) is 3.67. The van der Waals surface area contributed by atoms with E-state index in [4.69, 9.17) is 11.6 Å². The summed E-state index contributed by atoms with van der Waals surface area (Å²) in [6, 6.07) is 3.66. The van der Waals surface area contributed by atoms with Crippen molar-refractivity contribution < 1.29 is 8.78 Å². The zero-order valence-electron chi connectivity index (χ0n) is 5.65. The molecule has 1 rings (SSSR count). The van der Waals surface area contributed by atoms with Crippen molar-refractivity contribution in [1.29, 1.82) is 0 Å². The minimum atomic E-state index is -0.844. The van der Waals surface area contributed by atoms with E-state index in [1.54, 1.807) is 6.42 Å². The molecule has 0 saturated carbocycles. The van der Waals surface area contributed by atoms with E-state index in [2.05, 4.69) is 0 Å². The Morgan fingerprint density at radius 2 is 2.00 bits per heavy atom. The fraction of sp³-hybridized carbons (Fsp3) is 0.125. The summed E-state index contributed by atoms with van der Waals surface area (Å²) < 4.78 is 24.8. The largest absolute Gasteiger partial charge is 0.204 e. The highest BCUT2D eigenvalue weighted by molar-refractivity contribution is 6.18. The molecule has 0 amide bonds. The zero-order chi connectivity index (χ0) is 8.27. The third-order valence-corrected chi connectivity index (χ3v) is 1.41. The normalized spacial score (nSPS) is 10.1. The van der Waals surface area contributed by atoms with Crippen LogP contribution in [0.2, 0.25) is 0 Å². The molecule has 0 saturated heterocycles. The Morgan fingerprint density at radius 3 is 2.55 bits per heavy atom. The molecule has 59 valence electrons. The van der Waals surface area contributed by atoms with Gasteiger partial charge in [0.15, 0.2) is 11.6 Å². The average molecular weight is 176 g/mol. The van der Waals surface area contributed by atoms with Crippen molar-refractivity contribution in [3.8, 4) is 0 Å². The van der Waals surface area contributed by atoms with Crippen molar-refractivity contribution in [3.05, 3.63) is 41.8 Å². The van der Waals surface area contributed by atoms with E-state index in [1.165, 1.54) is 6.07 Å². The molecule has 1 radical (unpaired) electrons. The molecule has 1 aromatic carbocycles. The Bertz CT molecular complexity index is 248. The molecular formula is C8H6ClF2. The molecule has 0 aromatic heterocycles. The summed E-state index contributed by atoms with van der Waals surface area (Å²) in [4.78, 5) is 0. The van der Waals surface area contributed by atoms with E-state index in [0.717, 1.165) is 12.1 Å². The van der Waals surface area contributed by atoms with Gasteiger partial charge < -0.3 is 0 Å². The van der Waals surface area contributed by atoms with Crippen LogP contribution in [0.4, 0.5) is 8.78 Å². The summed E-state index contributed by atoms with van der Waals surface area (Å²) in [7, 11) is 0. The second-order valence-corrected chi connectivity index (χ2v) is 2.34. The molecule has 3 heteroatoms. The lowest BCUT2D eigenvalue weighted by atomic mass is 10.2. The summed E-state index contributed by atoms with van der Waals surface area (Å²) in [5.74, 6) is -1.38. The van der Waals surface area contributed by atoms with Crippen LogP contribution in [-0.2, 0) is 0 Å². The average Bonchev–Trinajstić information content (AvgIpc) is 1.98. The highest BCUT2D eigenvalue weighted by Gasteiger charge is 2.01. The number of hydrogen-bond acceptors (Lipinski definition) is 0. The zero-order valence-corrected chi connectivity index (χ0v) is 6.41. The topological polar surface area (TPSA) is 0 Å². The molecule has 0 fully saturated rings. The van der Waals surface area contributed by atoms with Gasteiger partial charge in [0.05, 0.1) is 0 Å². The highest BCUT2D eigenvalue weighted by Crippen LogP contribution is 2.10.